The summed E-state index contributed by atoms with van der Waals surface area (Å²) in [6, 6.07) is 0. The quantitative estimate of drug-likeness (QED) is 0.249. The van der Waals surface area contributed by atoms with Crippen molar-refractivity contribution in [2.24, 2.45) is 0 Å². The highest BCUT2D eigenvalue weighted by molar-refractivity contribution is 5.75. The topological polar surface area (TPSA) is 26.3 Å². The van der Waals surface area contributed by atoms with Crippen LogP contribution < -0.4 is 0 Å². The first-order chi connectivity index (χ1) is 10.7. The summed E-state index contributed by atoms with van der Waals surface area (Å²) < 4.78 is 5.54. The van der Waals surface area contributed by atoms with E-state index < -0.39 is 0 Å². The summed E-state index contributed by atoms with van der Waals surface area (Å²) in [6.07, 6.45) is 20.6. The SMILES string of the molecule is CCCCCCC(C/C=C\CCCCCCCC(C)=O)OC. The van der Waals surface area contributed by atoms with E-state index in [9.17, 15) is 4.79 Å². The van der Waals surface area contributed by atoms with Crippen LogP contribution in [0.15, 0.2) is 12.2 Å². The molecular weight excluding hydrogens is 272 g/mol. The minimum absolute atomic E-state index is 0.324. The fraction of sp³-hybridized carbons (Fsp3) is 0.850. The van der Waals surface area contributed by atoms with Crippen LogP contribution in [0, 0.1) is 0 Å². The number of ether oxygens (including phenoxy) is 1. The molecule has 0 spiro atoms. The van der Waals surface area contributed by atoms with E-state index in [1.165, 1.54) is 64.2 Å². The normalized spacial score (nSPS) is 12.9. The van der Waals surface area contributed by atoms with Gasteiger partial charge in [0.2, 0.25) is 0 Å². The molecule has 2 nitrogen and oxygen atoms in total. The van der Waals surface area contributed by atoms with Crippen molar-refractivity contribution in [1.29, 1.82) is 0 Å². The van der Waals surface area contributed by atoms with E-state index in [2.05, 4.69) is 19.1 Å². The number of allylic oxidation sites excluding steroid dienone is 1. The maximum Gasteiger partial charge on any atom is 0.129 e. The van der Waals surface area contributed by atoms with Crippen LogP contribution >= 0.6 is 0 Å². The van der Waals surface area contributed by atoms with E-state index in [1.54, 1.807) is 6.92 Å². The summed E-state index contributed by atoms with van der Waals surface area (Å²) >= 11 is 0. The number of carbonyl (C=O) groups is 1. The Morgan fingerprint density at radius 1 is 0.955 bits per heavy atom. The zero-order valence-corrected chi connectivity index (χ0v) is 15.2. The van der Waals surface area contributed by atoms with Crippen LogP contribution in [0.5, 0.6) is 0 Å². The summed E-state index contributed by atoms with van der Waals surface area (Å²) in [5.74, 6) is 0.324. The lowest BCUT2D eigenvalue weighted by Gasteiger charge is -2.12. The van der Waals surface area contributed by atoms with Crippen LogP contribution in [-0.4, -0.2) is 19.0 Å². The van der Waals surface area contributed by atoms with E-state index >= 15 is 0 Å². The second-order valence-corrected chi connectivity index (χ2v) is 6.42. The summed E-state index contributed by atoms with van der Waals surface area (Å²) in [5, 5.41) is 0. The molecule has 1 atom stereocenters. The zero-order chi connectivity index (χ0) is 16.5. The molecule has 0 aliphatic carbocycles. The Bertz CT molecular complexity index is 271. The van der Waals surface area contributed by atoms with Gasteiger partial charge in [-0.2, -0.15) is 0 Å². The van der Waals surface area contributed by atoms with Crippen LogP contribution in [0.3, 0.4) is 0 Å². The van der Waals surface area contributed by atoms with Crippen molar-refractivity contribution < 1.29 is 9.53 Å². The third kappa shape index (κ3) is 15.8. The molecule has 22 heavy (non-hydrogen) atoms. The van der Waals surface area contributed by atoms with E-state index in [0.717, 1.165) is 19.3 Å². The highest BCUT2D eigenvalue weighted by Gasteiger charge is 2.04. The Balaban J connectivity index is 3.41. The second kappa shape index (κ2) is 16.7. The van der Waals surface area contributed by atoms with Crippen LogP contribution in [0.25, 0.3) is 0 Å². The number of ketones is 1. The number of hydrogen-bond donors (Lipinski definition) is 0. The first kappa shape index (κ1) is 21.4. The third-order valence-corrected chi connectivity index (χ3v) is 4.18. The van der Waals surface area contributed by atoms with E-state index in [4.69, 9.17) is 4.74 Å². The van der Waals surface area contributed by atoms with E-state index in [0.29, 0.717) is 11.9 Å². The van der Waals surface area contributed by atoms with Gasteiger partial charge in [-0.15, -0.1) is 0 Å². The highest BCUT2D eigenvalue weighted by atomic mass is 16.5. The largest absolute Gasteiger partial charge is 0.381 e. The first-order valence-corrected chi connectivity index (χ1v) is 9.38. The Labute approximate surface area is 138 Å². The number of Topliss-reactive ketones (excluding diaryl/α,β-unsaturated/α-hetero) is 1. The minimum Gasteiger partial charge on any atom is -0.381 e. The van der Waals surface area contributed by atoms with Gasteiger partial charge in [-0.25, -0.2) is 0 Å². The molecule has 0 rings (SSSR count). The van der Waals surface area contributed by atoms with Crippen molar-refractivity contribution >= 4 is 5.78 Å². The van der Waals surface area contributed by atoms with Crippen LogP contribution in [0.2, 0.25) is 0 Å². The van der Waals surface area contributed by atoms with Gasteiger partial charge in [-0.1, -0.05) is 64.0 Å². The van der Waals surface area contributed by atoms with Crippen LogP contribution in [0.4, 0.5) is 0 Å². The summed E-state index contributed by atoms with van der Waals surface area (Å²) in [6.45, 7) is 3.93. The van der Waals surface area contributed by atoms with Crippen molar-refractivity contribution in [2.45, 2.75) is 103 Å². The van der Waals surface area contributed by atoms with Crippen LogP contribution in [0.1, 0.15) is 97.3 Å². The standard InChI is InChI=1S/C20H38O2/c1-4-5-6-14-17-20(22-3)18-15-12-10-8-7-9-11-13-16-19(2)21/h12,15,20H,4-11,13-14,16-18H2,1-3H3/b15-12-. The van der Waals surface area contributed by atoms with Crippen molar-refractivity contribution in [2.75, 3.05) is 7.11 Å². The van der Waals surface area contributed by atoms with E-state index in [-0.39, 0.29) is 0 Å². The average Bonchev–Trinajstić information content (AvgIpc) is 2.50. The van der Waals surface area contributed by atoms with Gasteiger partial charge < -0.3 is 9.53 Å². The molecule has 0 heterocycles. The molecule has 0 aromatic heterocycles. The van der Waals surface area contributed by atoms with Gasteiger partial charge in [-0.3, -0.25) is 0 Å². The number of unbranched alkanes of at least 4 members (excludes halogenated alkanes) is 8. The summed E-state index contributed by atoms with van der Waals surface area (Å²) in [7, 11) is 1.83. The fourth-order valence-electron chi connectivity index (χ4n) is 2.66. The summed E-state index contributed by atoms with van der Waals surface area (Å²) in [4.78, 5) is 10.8. The monoisotopic (exact) mass is 310 g/mol. The lowest BCUT2D eigenvalue weighted by Crippen LogP contribution is -2.08. The van der Waals surface area contributed by atoms with Gasteiger partial charge >= 0.3 is 0 Å². The zero-order valence-electron chi connectivity index (χ0n) is 15.2. The number of carbonyl (C=O) groups excluding carboxylic acids is 1. The van der Waals surface area contributed by atoms with Crippen molar-refractivity contribution in [3.05, 3.63) is 12.2 Å². The minimum atomic E-state index is 0.324. The predicted molar refractivity (Wildman–Crippen MR) is 96.3 cm³/mol. The van der Waals surface area contributed by atoms with Gasteiger partial charge in [0.1, 0.15) is 5.78 Å². The van der Waals surface area contributed by atoms with Gasteiger partial charge in [0.15, 0.2) is 0 Å². The first-order valence-electron chi connectivity index (χ1n) is 9.38. The third-order valence-electron chi connectivity index (χ3n) is 4.18. The van der Waals surface area contributed by atoms with Crippen molar-refractivity contribution in [1.82, 2.24) is 0 Å². The lowest BCUT2D eigenvalue weighted by atomic mass is 10.1. The van der Waals surface area contributed by atoms with E-state index in [1.807, 2.05) is 7.11 Å². The number of rotatable bonds is 16. The molecule has 0 aliphatic rings. The molecule has 0 amide bonds. The van der Waals surface area contributed by atoms with Crippen molar-refractivity contribution in [3.8, 4) is 0 Å². The molecular formula is C20H38O2. The summed E-state index contributed by atoms with van der Waals surface area (Å²) in [5.41, 5.74) is 0. The Hall–Kier alpha value is -0.630. The fourth-order valence-corrected chi connectivity index (χ4v) is 2.66. The maximum atomic E-state index is 10.8. The molecule has 0 N–H and O–H groups in total. The molecule has 0 saturated carbocycles. The number of methoxy groups -OCH3 is 1. The Morgan fingerprint density at radius 3 is 2.32 bits per heavy atom. The van der Waals surface area contributed by atoms with Gasteiger partial charge in [-0.05, 0) is 39.0 Å². The Morgan fingerprint density at radius 2 is 1.64 bits per heavy atom. The average molecular weight is 311 g/mol. The second-order valence-electron chi connectivity index (χ2n) is 6.42. The molecule has 0 aromatic carbocycles. The van der Waals surface area contributed by atoms with Gasteiger partial charge in [0.05, 0.1) is 6.10 Å². The van der Waals surface area contributed by atoms with Gasteiger partial charge in [0.25, 0.3) is 0 Å². The number of hydrogen-bond acceptors (Lipinski definition) is 2. The molecule has 130 valence electrons. The molecule has 0 aliphatic heterocycles. The maximum absolute atomic E-state index is 10.8. The molecule has 0 bridgehead atoms. The molecule has 0 saturated heterocycles. The molecule has 2 heteroatoms. The predicted octanol–water partition coefficient (Wildman–Crippen LogP) is 6.24. The van der Waals surface area contributed by atoms with Crippen molar-refractivity contribution in [3.63, 3.8) is 0 Å². The molecule has 1 unspecified atom stereocenters. The Kier molecular flexibility index (Phi) is 16.3. The molecule has 0 radical (unpaired) electrons. The molecule has 0 aromatic rings. The smallest absolute Gasteiger partial charge is 0.129 e. The lowest BCUT2D eigenvalue weighted by molar-refractivity contribution is -0.117. The van der Waals surface area contributed by atoms with Crippen LogP contribution in [-0.2, 0) is 9.53 Å². The molecule has 0 fully saturated rings. The van der Waals surface area contributed by atoms with Gasteiger partial charge in [0, 0.05) is 13.5 Å². The highest BCUT2D eigenvalue weighted by Crippen LogP contribution is 2.12.